The second kappa shape index (κ2) is 23.0. The molecule has 6 heterocycles. The van der Waals surface area contributed by atoms with Crippen molar-refractivity contribution in [1.82, 2.24) is 0 Å². The largest absolute Gasteiger partial charge is 0.462 e. The van der Waals surface area contributed by atoms with Crippen LogP contribution in [0.3, 0.4) is 0 Å². The average Bonchev–Trinajstić information content (AvgIpc) is 3.64. The highest BCUT2D eigenvalue weighted by Gasteiger charge is 2.61. The van der Waals surface area contributed by atoms with Crippen LogP contribution in [0.1, 0.15) is 114 Å². The standard InChI is InChI=1S/C53H80O17/c1-14-27(2)46-31(6)42(64-34(9)54)25-52(70-46)24-38-21-37(69-52)19-18-29(4)45(28(3)16-15-17-36-26-61-50-47(60-13)30(5)20-39(51(56)66-38)53(36,50)57)67-43-23-41(59-12)49(33(8)63-43)68-44-22-40(58-11)48(32(7)62-44)65-35(10)55/h15-18,20,27-28,31-33,37-50,57H,14,19,21-26H2,1-13H3/b16-15+,29-18+,36-17+/t27-,28-,31-,32?,33?,37+,38-,39-,40?,41?,42?,43?,44?,45-,46+,47+,48?,49?,50+,52-,53+/m0/s1. The van der Waals surface area contributed by atoms with E-state index in [9.17, 15) is 19.5 Å². The first-order chi connectivity index (χ1) is 33.2. The van der Waals surface area contributed by atoms with E-state index in [4.69, 9.17) is 61.6 Å². The SMILES string of the molecule is CC[C@H](C)[C@H]1O[C@]2(CC(OC(C)=O)[C@@H]1C)C[C@@H]1C[C@@H](C/C=C(\C)[C@@H](OC3CC(OC)C(OC4CC(OC)C(OC(C)=O)C(C)O4)C(C)O3)[C@@H](C)/C=C/C=C3\CO[C@@H]4[C@H](OC)C(C)=C[C@@H](C(=O)O1)[C@]34O)O2. The summed E-state index contributed by atoms with van der Waals surface area (Å²) in [5, 5.41) is 12.8. The Labute approximate surface area is 414 Å². The van der Waals surface area contributed by atoms with Crippen LogP contribution in [-0.4, -0.2) is 154 Å². The van der Waals surface area contributed by atoms with E-state index in [0.717, 1.165) is 17.6 Å². The minimum atomic E-state index is -1.77. The van der Waals surface area contributed by atoms with E-state index in [-0.39, 0.29) is 49.3 Å². The van der Waals surface area contributed by atoms with E-state index < -0.39 is 115 Å². The fourth-order valence-corrected chi connectivity index (χ4v) is 12.0. The van der Waals surface area contributed by atoms with Gasteiger partial charge in [-0.05, 0) is 56.8 Å². The van der Waals surface area contributed by atoms with E-state index in [1.54, 1.807) is 27.4 Å². The molecule has 7 rings (SSSR count). The summed E-state index contributed by atoms with van der Waals surface area (Å²) in [5.41, 5.74) is 0.418. The number of rotatable bonds is 11. The Bertz CT molecular complexity index is 1970. The van der Waals surface area contributed by atoms with Crippen LogP contribution in [0.15, 0.2) is 47.1 Å². The van der Waals surface area contributed by atoms with E-state index in [1.807, 2.05) is 52.8 Å². The highest BCUT2D eigenvalue weighted by Crippen LogP contribution is 2.49. The number of hydrogen-bond donors (Lipinski definition) is 1. The van der Waals surface area contributed by atoms with Crippen LogP contribution in [0.4, 0.5) is 0 Å². The molecule has 0 aromatic heterocycles. The van der Waals surface area contributed by atoms with Crippen molar-refractivity contribution >= 4 is 17.9 Å². The molecular formula is C53H80O17. The van der Waals surface area contributed by atoms with Crippen molar-refractivity contribution in [2.24, 2.45) is 23.7 Å². The van der Waals surface area contributed by atoms with Gasteiger partial charge in [-0.2, -0.15) is 0 Å². The molecule has 9 unspecified atom stereocenters. The Morgan fingerprint density at radius 1 is 0.814 bits per heavy atom. The molecule has 70 heavy (non-hydrogen) atoms. The quantitative estimate of drug-likeness (QED) is 0.136. The van der Waals surface area contributed by atoms with Gasteiger partial charge >= 0.3 is 17.9 Å². The van der Waals surface area contributed by atoms with Gasteiger partial charge in [0.1, 0.15) is 48.1 Å². The molecule has 394 valence electrons. The third-order valence-electron chi connectivity index (χ3n) is 15.8. The summed E-state index contributed by atoms with van der Waals surface area (Å²) in [6, 6.07) is 0. The average molecular weight is 989 g/mol. The van der Waals surface area contributed by atoms with Crippen LogP contribution < -0.4 is 0 Å². The first kappa shape index (κ1) is 54.7. The molecule has 0 radical (unpaired) electrons. The number of allylic oxidation sites excluding steroid dienone is 2. The monoisotopic (exact) mass is 989 g/mol. The van der Waals surface area contributed by atoms with Crippen LogP contribution in [0.2, 0.25) is 0 Å². The highest BCUT2D eigenvalue weighted by molar-refractivity contribution is 5.78. The molecular weight excluding hydrogens is 909 g/mol. The van der Waals surface area contributed by atoms with Crippen LogP contribution in [0.25, 0.3) is 0 Å². The van der Waals surface area contributed by atoms with Crippen molar-refractivity contribution in [1.29, 1.82) is 0 Å². The summed E-state index contributed by atoms with van der Waals surface area (Å²) >= 11 is 0. The van der Waals surface area contributed by atoms with Crippen molar-refractivity contribution in [2.45, 2.75) is 218 Å². The number of hydrogen-bond acceptors (Lipinski definition) is 17. The van der Waals surface area contributed by atoms with Gasteiger partial charge in [-0.1, -0.05) is 64.5 Å². The van der Waals surface area contributed by atoms with Gasteiger partial charge in [0.2, 0.25) is 0 Å². The van der Waals surface area contributed by atoms with Gasteiger partial charge in [0.25, 0.3) is 0 Å². The summed E-state index contributed by atoms with van der Waals surface area (Å²) in [4.78, 5) is 39.0. The van der Waals surface area contributed by atoms with Crippen LogP contribution >= 0.6 is 0 Å². The van der Waals surface area contributed by atoms with E-state index in [1.165, 1.54) is 13.8 Å². The van der Waals surface area contributed by atoms with Gasteiger partial charge in [0, 0.05) is 79.1 Å². The first-order valence-corrected chi connectivity index (χ1v) is 25.4. The second-order valence-electron chi connectivity index (χ2n) is 20.8. The fraction of sp³-hybridized carbons (Fsp3) is 0.792. The number of esters is 3. The third kappa shape index (κ3) is 11.6. The summed E-state index contributed by atoms with van der Waals surface area (Å²) in [6.07, 6.45) is 4.09. The Morgan fingerprint density at radius 3 is 2.11 bits per heavy atom. The van der Waals surface area contributed by atoms with Crippen molar-refractivity contribution in [3.05, 3.63) is 47.1 Å². The maximum Gasteiger partial charge on any atom is 0.316 e. The number of fused-ring (bicyclic) bond motifs is 2. The van der Waals surface area contributed by atoms with E-state index in [0.29, 0.717) is 31.3 Å². The van der Waals surface area contributed by atoms with Gasteiger partial charge < -0.3 is 66.7 Å². The second-order valence-corrected chi connectivity index (χ2v) is 20.8. The molecule has 7 aliphatic rings. The Kier molecular flexibility index (Phi) is 18.0. The molecule has 17 heteroatoms. The molecule has 0 aromatic carbocycles. The summed E-state index contributed by atoms with van der Waals surface area (Å²) < 4.78 is 82.3. The molecule has 0 saturated carbocycles. The number of carbonyl (C=O) groups excluding carboxylic acids is 3. The minimum Gasteiger partial charge on any atom is -0.462 e. The molecule has 5 saturated heterocycles. The Hall–Kier alpha value is -3.07. The number of ether oxygens (including phenoxy) is 13. The fourth-order valence-electron chi connectivity index (χ4n) is 12.0. The molecule has 0 aromatic rings. The summed E-state index contributed by atoms with van der Waals surface area (Å²) in [7, 11) is 4.78. The smallest absolute Gasteiger partial charge is 0.316 e. The predicted octanol–water partition coefficient (Wildman–Crippen LogP) is 6.37. The molecule has 2 bridgehead atoms. The lowest BCUT2D eigenvalue weighted by molar-refractivity contribution is -0.354. The van der Waals surface area contributed by atoms with Gasteiger partial charge in [-0.25, -0.2) is 0 Å². The van der Waals surface area contributed by atoms with E-state index in [2.05, 4.69) is 26.8 Å². The van der Waals surface area contributed by atoms with Gasteiger partial charge in [-0.15, -0.1) is 0 Å². The molecule has 1 aliphatic carbocycles. The normalized spacial score (nSPS) is 46.0. The van der Waals surface area contributed by atoms with Gasteiger partial charge in [0.05, 0.1) is 43.2 Å². The van der Waals surface area contributed by atoms with E-state index >= 15 is 0 Å². The Balaban J connectivity index is 1.19. The first-order valence-electron chi connectivity index (χ1n) is 25.4. The number of carbonyl (C=O) groups is 3. The summed E-state index contributed by atoms with van der Waals surface area (Å²) in [6.45, 7) is 18.8. The zero-order chi connectivity index (χ0) is 50.8. The zero-order valence-corrected chi connectivity index (χ0v) is 43.5. The van der Waals surface area contributed by atoms with Crippen molar-refractivity contribution < 1.29 is 81.1 Å². The minimum absolute atomic E-state index is 0.0751. The van der Waals surface area contributed by atoms with Gasteiger partial charge in [0.15, 0.2) is 24.5 Å². The topological polar surface area (TPSA) is 191 Å². The Morgan fingerprint density at radius 2 is 1.47 bits per heavy atom. The summed E-state index contributed by atoms with van der Waals surface area (Å²) in [5.74, 6) is -3.97. The van der Waals surface area contributed by atoms with Crippen molar-refractivity contribution in [3.63, 3.8) is 0 Å². The molecule has 17 nitrogen and oxygen atoms in total. The molecule has 0 amide bonds. The van der Waals surface area contributed by atoms with Crippen LogP contribution in [-0.2, 0) is 76.0 Å². The van der Waals surface area contributed by atoms with Crippen LogP contribution in [0.5, 0.6) is 0 Å². The predicted molar refractivity (Wildman–Crippen MR) is 253 cm³/mol. The van der Waals surface area contributed by atoms with Crippen molar-refractivity contribution in [2.75, 3.05) is 27.9 Å². The third-order valence-corrected chi connectivity index (χ3v) is 15.8. The number of methoxy groups -OCH3 is 3. The lowest BCUT2D eigenvalue weighted by atomic mass is 9.70. The molecule has 1 N–H and O–H groups in total. The highest BCUT2D eigenvalue weighted by atomic mass is 16.7. The lowest BCUT2D eigenvalue weighted by Gasteiger charge is -2.52. The maximum absolute atomic E-state index is 14.7. The molecule has 21 atom stereocenters. The maximum atomic E-state index is 14.7. The lowest BCUT2D eigenvalue weighted by Crippen LogP contribution is -2.60. The molecule has 6 aliphatic heterocycles. The number of aliphatic hydroxyl groups is 1. The van der Waals surface area contributed by atoms with Crippen LogP contribution in [0, 0.1) is 23.7 Å². The van der Waals surface area contributed by atoms with Crippen molar-refractivity contribution in [3.8, 4) is 0 Å². The van der Waals surface area contributed by atoms with Gasteiger partial charge in [-0.3, -0.25) is 14.4 Å². The molecule has 5 fully saturated rings. The zero-order valence-electron chi connectivity index (χ0n) is 43.5. The molecule has 1 spiro atoms.